The molecule has 0 amide bonds. The topological polar surface area (TPSA) is 52.5 Å². The molecule has 0 spiro atoms. The summed E-state index contributed by atoms with van der Waals surface area (Å²) < 4.78 is 63.2. The van der Waals surface area contributed by atoms with Crippen LogP contribution in [0, 0.1) is 0 Å². The lowest BCUT2D eigenvalue weighted by molar-refractivity contribution is 0.250. The van der Waals surface area contributed by atoms with Crippen LogP contribution < -0.4 is 10.7 Å². The van der Waals surface area contributed by atoms with Gasteiger partial charge in [-0.2, -0.15) is 0 Å². The van der Waals surface area contributed by atoms with E-state index in [1.807, 2.05) is 12.1 Å². The van der Waals surface area contributed by atoms with Crippen LogP contribution in [0.2, 0.25) is 0 Å². The van der Waals surface area contributed by atoms with Gasteiger partial charge in [-0.1, -0.05) is 54.5 Å². The Morgan fingerprint density at radius 1 is 1.00 bits per heavy atom. The molecule has 0 atom stereocenters. The SMILES string of the molecule is [2H]c1c([2H])c([2H])c(-c2cccc(C([2H])([2H])N3CCN(c4cccc5[nH]c(=O)oc45)CC3)c2)c([2H])c1[2H]. The molecule has 0 saturated carbocycles. The van der Waals surface area contributed by atoms with Crippen LogP contribution in [0.15, 0.2) is 81.9 Å². The molecule has 1 aliphatic heterocycles. The molecule has 3 aromatic carbocycles. The number of rotatable bonds is 4. The van der Waals surface area contributed by atoms with Crippen LogP contribution in [0.3, 0.4) is 0 Å². The summed E-state index contributed by atoms with van der Waals surface area (Å²) in [6, 6.07) is 9.95. The van der Waals surface area contributed by atoms with E-state index in [-0.39, 0.29) is 17.6 Å². The third-order valence-electron chi connectivity index (χ3n) is 4.98. The number of aromatic nitrogens is 1. The third kappa shape index (κ3) is 3.69. The van der Waals surface area contributed by atoms with E-state index < -0.39 is 30.4 Å². The number of fused-ring (bicyclic) bond motifs is 1. The van der Waals surface area contributed by atoms with E-state index in [1.165, 1.54) is 0 Å². The molecule has 1 fully saturated rings. The smallest absolute Gasteiger partial charge is 0.406 e. The summed E-state index contributed by atoms with van der Waals surface area (Å²) in [5, 5.41) is 0. The fraction of sp³-hybridized carbons (Fsp3) is 0.208. The largest absolute Gasteiger partial charge is 0.417 e. The van der Waals surface area contributed by atoms with Gasteiger partial charge >= 0.3 is 5.76 Å². The minimum absolute atomic E-state index is 0.0459. The van der Waals surface area contributed by atoms with Crippen LogP contribution in [0.4, 0.5) is 5.69 Å². The number of H-pyrrole nitrogens is 1. The number of hydrogen-bond donors (Lipinski definition) is 1. The van der Waals surface area contributed by atoms with Gasteiger partial charge in [0.25, 0.3) is 0 Å². The van der Waals surface area contributed by atoms with Gasteiger partial charge < -0.3 is 9.32 Å². The van der Waals surface area contributed by atoms with Crippen molar-refractivity contribution in [3.05, 3.63) is 88.8 Å². The average molecular weight is 393 g/mol. The lowest BCUT2D eigenvalue weighted by atomic mass is 10.0. The van der Waals surface area contributed by atoms with E-state index in [9.17, 15) is 4.79 Å². The molecule has 5 nitrogen and oxygen atoms in total. The molecule has 146 valence electrons. The molecule has 2 heterocycles. The molecule has 1 aliphatic rings. The molecule has 0 radical (unpaired) electrons. The zero-order chi connectivity index (χ0) is 25.8. The highest BCUT2D eigenvalue weighted by atomic mass is 16.4. The van der Waals surface area contributed by atoms with Crippen LogP contribution in [-0.4, -0.2) is 36.1 Å². The lowest BCUT2D eigenvalue weighted by Crippen LogP contribution is -2.46. The van der Waals surface area contributed by atoms with E-state index in [0.29, 0.717) is 48.4 Å². The molecule has 0 bridgehead atoms. The van der Waals surface area contributed by atoms with Crippen molar-refractivity contribution in [2.45, 2.75) is 6.50 Å². The van der Waals surface area contributed by atoms with Crippen LogP contribution in [-0.2, 0) is 6.50 Å². The Kier molecular flexibility index (Phi) is 3.05. The summed E-state index contributed by atoms with van der Waals surface area (Å²) in [5.41, 5.74) is 2.60. The second kappa shape index (κ2) is 7.60. The number of nitrogens with one attached hydrogen (secondary N) is 1. The van der Waals surface area contributed by atoms with Crippen molar-refractivity contribution < 1.29 is 14.0 Å². The Labute approximate surface area is 179 Å². The Hall–Kier alpha value is -3.31. The molecular weight excluding hydrogens is 362 g/mol. The van der Waals surface area contributed by atoms with E-state index in [2.05, 4.69) is 9.88 Å². The molecule has 0 aliphatic carbocycles. The molecule has 1 N–H and O–H groups in total. The monoisotopic (exact) mass is 392 g/mol. The van der Waals surface area contributed by atoms with E-state index in [4.69, 9.17) is 14.0 Å². The summed E-state index contributed by atoms with van der Waals surface area (Å²) in [4.78, 5) is 18.0. The molecule has 29 heavy (non-hydrogen) atoms. The minimum Gasteiger partial charge on any atom is -0.406 e. The second-order valence-electron chi connectivity index (χ2n) is 6.84. The number of piperazine rings is 1. The zero-order valence-electron chi connectivity index (χ0n) is 22.6. The van der Waals surface area contributed by atoms with Gasteiger partial charge in [-0.05, 0) is 34.9 Å². The molecule has 1 aromatic heterocycles. The van der Waals surface area contributed by atoms with Gasteiger partial charge in [0, 0.05) is 35.4 Å². The molecule has 5 rings (SSSR count). The Balaban J connectivity index is 1.41. The third-order valence-corrected chi connectivity index (χ3v) is 4.98. The second-order valence-corrected chi connectivity index (χ2v) is 6.84. The molecule has 4 aromatic rings. The maximum atomic E-state index is 11.6. The number of para-hydroxylation sites is 1. The van der Waals surface area contributed by atoms with E-state index >= 15 is 0 Å². The number of hydrogen-bond acceptors (Lipinski definition) is 4. The van der Waals surface area contributed by atoms with Crippen molar-refractivity contribution in [3.63, 3.8) is 0 Å². The molecule has 0 unspecified atom stereocenters. The van der Waals surface area contributed by atoms with Gasteiger partial charge in [0.05, 0.1) is 18.1 Å². The number of nitrogens with zero attached hydrogens (tertiary/aromatic N) is 2. The van der Waals surface area contributed by atoms with Crippen LogP contribution >= 0.6 is 0 Å². The van der Waals surface area contributed by atoms with Gasteiger partial charge in [0.2, 0.25) is 0 Å². The maximum absolute atomic E-state index is 11.6. The fourth-order valence-corrected chi connectivity index (χ4v) is 3.59. The van der Waals surface area contributed by atoms with E-state index in [1.54, 1.807) is 35.2 Å². The van der Waals surface area contributed by atoms with Crippen molar-refractivity contribution in [1.82, 2.24) is 9.88 Å². The summed E-state index contributed by atoms with van der Waals surface area (Å²) in [5.74, 6) is -0.522. The summed E-state index contributed by atoms with van der Waals surface area (Å²) in [6.07, 6.45) is 0. The number of aromatic amines is 1. The number of anilines is 1. The van der Waals surface area contributed by atoms with Gasteiger partial charge in [-0.15, -0.1) is 0 Å². The molecular formula is C24H23N3O2. The molecule has 5 heteroatoms. The first-order valence-electron chi connectivity index (χ1n) is 12.9. The van der Waals surface area contributed by atoms with Gasteiger partial charge in [0.1, 0.15) is 0 Å². The summed E-state index contributed by atoms with van der Waals surface area (Å²) in [7, 11) is 0. The van der Waals surface area contributed by atoms with Crippen LogP contribution in [0.25, 0.3) is 22.2 Å². The number of oxazole rings is 1. The van der Waals surface area contributed by atoms with Gasteiger partial charge in [-0.3, -0.25) is 9.88 Å². The Morgan fingerprint density at radius 3 is 2.62 bits per heavy atom. The lowest BCUT2D eigenvalue weighted by Gasteiger charge is -2.36. The predicted molar refractivity (Wildman–Crippen MR) is 116 cm³/mol. The van der Waals surface area contributed by atoms with Gasteiger partial charge in [-0.25, -0.2) is 4.79 Å². The van der Waals surface area contributed by atoms with Crippen LogP contribution in [0.5, 0.6) is 0 Å². The maximum Gasteiger partial charge on any atom is 0.417 e. The average Bonchev–Trinajstić information content (AvgIpc) is 3.27. The summed E-state index contributed by atoms with van der Waals surface area (Å²) in [6.45, 7) is -0.0391. The summed E-state index contributed by atoms with van der Waals surface area (Å²) >= 11 is 0. The highest BCUT2D eigenvalue weighted by Crippen LogP contribution is 2.26. The van der Waals surface area contributed by atoms with Crippen molar-refractivity contribution in [1.29, 1.82) is 0 Å². The normalized spacial score (nSPS) is 19.0. The highest BCUT2D eigenvalue weighted by molar-refractivity contribution is 5.86. The van der Waals surface area contributed by atoms with Crippen molar-refractivity contribution >= 4 is 16.8 Å². The van der Waals surface area contributed by atoms with Crippen molar-refractivity contribution in [3.8, 4) is 11.1 Å². The first-order valence-corrected chi connectivity index (χ1v) is 9.39. The van der Waals surface area contributed by atoms with Crippen LogP contribution in [0.1, 0.15) is 15.2 Å². The number of benzene rings is 3. The highest BCUT2D eigenvalue weighted by Gasteiger charge is 2.20. The van der Waals surface area contributed by atoms with Crippen molar-refractivity contribution in [2.75, 3.05) is 31.1 Å². The minimum atomic E-state index is -1.86. The predicted octanol–water partition coefficient (Wildman–Crippen LogP) is 4.11. The Bertz CT molecular complexity index is 1500. The Morgan fingerprint density at radius 2 is 1.79 bits per heavy atom. The first kappa shape index (κ1) is 11.6. The van der Waals surface area contributed by atoms with Crippen molar-refractivity contribution in [2.24, 2.45) is 0 Å². The fourth-order valence-electron chi connectivity index (χ4n) is 3.59. The first-order chi connectivity index (χ1) is 17.1. The molecule has 1 saturated heterocycles. The zero-order valence-corrected chi connectivity index (χ0v) is 15.6. The van der Waals surface area contributed by atoms with Gasteiger partial charge in [0.15, 0.2) is 5.58 Å². The van der Waals surface area contributed by atoms with E-state index in [0.717, 1.165) is 5.69 Å². The standard InChI is InChI=1S/C24H23N3O2/c28-24-25-21-10-5-11-22(23(21)29-24)27-14-12-26(13-15-27)17-18-6-4-9-20(16-18)19-7-2-1-3-8-19/h1-11,16H,12-15,17H2,(H,25,28)/i1D,2D,3D,7D,8D,17D2. The quantitative estimate of drug-likeness (QED) is 0.568.